The standard InChI is InChI=1S/C77H132NO8P/c1-3-5-7-9-11-13-15-17-19-21-23-25-27-29-31-33-35-36-37-38-40-42-44-46-48-50-52-54-56-58-60-62-64-66-68-70-77(80)86-75(74-85-87(81,82)84-72-71-78)73-83-76(79)69-67-65-63-61-59-57-55-53-51-49-47-45-43-41-39-34-32-30-28-26-24-22-20-18-16-14-12-10-8-6-4-2/h5,7,11,13,17,19,22-25,29,31,35-36,38,40,44,46,50,52,56,58,75H,3-4,6,8-10,12,14-16,18,20-21,26-28,30,32-34,37,39,41-43,45,47-49,51,53-55,57,59-74,78H2,1-2H3,(H,81,82)/b7-5-,13-11-,19-17-,24-22-,25-23-,31-29-,36-35-,40-38-,46-44-,52-50-,58-56-. The number of nitrogens with two attached hydrogens (primary N) is 1. The first-order valence-electron chi connectivity index (χ1n) is 35.7. The van der Waals surface area contributed by atoms with Gasteiger partial charge in [0.25, 0.3) is 0 Å². The van der Waals surface area contributed by atoms with Gasteiger partial charge in [-0.2, -0.15) is 0 Å². The van der Waals surface area contributed by atoms with E-state index in [4.69, 9.17) is 24.3 Å². The zero-order chi connectivity index (χ0) is 63.0. The first-order chi connectivity index (χ1) is 42.8. The third-order valence-electron chi connectivity index (χ3n) is 15.0. The fourth-order valence-electron chi connectivity index (χ4n) is 9.78. The molecule has 0 aromatic carbocycles. The van der Waals surface area contributed by atoms with Crippen molar-refractivity contribution >= 4 is 19.8 Å². The highest BCUT2D eigenvalue weighted by Gasteiger charge is 2.26. The summed E-state index contributed by atoms with van der Waals surface area (Å²) in [6.45, 7) is 3.62. The molecule has 0 aliphatic carbocycles. The molecule has 0 radical (unpaired) electrons. The number of hydrogen-bond acceptors (Lipinski definition) is 8. The zero-order valence-corrected chi connectivity index (χ0v) is 56.9. The molecule has 0 amide bonds. The maximum atomic E-state index is 12.8. The van der Waals surface area contributed by atoms with Gasteiger partial charge < -0.3 is 20.1 Å². The van der Waals surface area contributed by atoms with Crippen LogP contribution in [0.15, 0.2) is 134 Å². The molecule has 0 aliphatic rings. The molecule has 2 atom stereocenters. The fourth-order valence-corrected chi connectivity index (χ4v) is 10.5. The molecule has 0 heterocycles. The van der Waals surface area contributed by atoms with E-state index in [0.29, 0.717) is 6.42 Å². The molecule has 0 spiro atoms. The van der Waals surface area contributed by atoms with E-state index in [1.165, 1.54) is 167 Å². The highest BCUT2D eigenvalue weighted by molar-refractivity contribution is 7.47. The molecule has 0 aromatic rings. The van der Waals surface area contributed by atoms with Gasteiger partial charge in [0.05, 0.1) is 13.2 Å². The lowest BCUT2D eigenvalue weighted by Crippen LogP contribution is -2.29. The Morgan fingerprint density at radius 3 is 0.954 bits per heavy atom. The van der Waals surface area contributed by atoms with Crippen molar-refractivity contribution in [3.8, 4) is 0 Å². The maximum absolute atomic E-state index is 12.8. The first kappa shape index (κ1) is 83.2. The highest BCUT2D eigenvalue weighted by atomic mass is 31.2. The number of phosphoric acid groups is 1. The molecule has 0 saturated carbocycles. The Kier molecular flexibility index (Phi) is 68.1. The van der Waals surface area contributed by atoms with E-state index in [-0.39, 0.29) is 38.6 Å². The average molecular weight is 1230 g/mol. The summed E-state index contributed by atoms with van der Waals surface area (Å²) in [7, 11) is -4.41. The number of hydrogen-bond donors (Lipinski definition) is 2. The van der Waals surface area contributed by atoms with E-state index >= 15 is 0 Å². The Hall–Kier alpha value is -3.85. The van der Waals surface area contributed by atoms with Crippen LogP contribution in [0.4, 0.5) is 0 Å². The summed E-state index contributed by atoms with van der Waals surface area (Å²) in [5, 5.41) is 0. The van der Waals surface area contributed by atoms with E-state index in [9.17, 15) is 19.0 Å². The molecule has 0 bridgehead atoms. The SMILES string of the molecule is CC/C=C\C/C=C\C/C=C\C/C=C\C/C=C\C/C=C\C/C=C\C/C=C\C/C=C\C/C=C\CCCCCCC(=O)OC(COC(=O)CCCCCCCCCCCCCCCCCCCCC/C=C\CCCCCCCCCC)COP(=O)(O)OCCN. The summed E-state index contributed by atoms with van der Waals surface area (Å²) in [5.41, 5.74) is 5.40. The number of carbonyl (C=O) groups is 2. The fraction of sp³-hybridized carbons (Fsp3) is 0.688. The summed E-state index contributed by atoms with van der Waals surface area (Å²) in [5.74, 6) is -0.855. The molecule has 0 aliphatic heterocycles. The molecule has 0 aromatic heterocycles. The lowest BCUT2D eigenvalue weighted by atomic mass is 10.0. The van der Waals surface area contributed by atoms with Crippen LogP contribution in [0.5, 0.6) is 0 Å². The molecule has 3 N–H and O–H groups in total. The van der Waals surface area contributed by atoms with Crippen molar-refractivity contribution in [3.05, 3.63) is 134 Å². The van der Waals surface area contributed by atoms with Gasteiger partial charge in [0.1, 0.15) is 6.61 Å². The molecule has 2 unspecified atom stereocenters. The lowest BCUT2D eigenvalue weighted by molar-refractivity contribution is -0.161. The minimum absolute atomic E-state index is 0.0432. The maximum Gasteiger partial charge on any atom is 0.472 e. The minimum atomic E-state index is -4.41. The predicted octanol–water partition coefficient (Wildman–Crippen LogP) is 23.6. The Bertz CT molecular complexity index is 1890. The van der Waals surface area contributed by atoms with Crippen molar-refractivity contribution < 1.29 is 37.6 Å². The number of phosphoric ester groups is 1. The Labute approximate surface area is 535 Å². The molecule has 10 heteroatoms. The topological polar surface area (TPSA) is 134 Å². The van der Waals surface area contributed by atoms with Crippen molar-refractivity contribution in [1.29, 1.82) is 0 Å². The summed E-state index contributed by atoms with van der Waals surface area (Å²) < 4.78 is 33.2. The van der Waals surface area contributed by atoms with Crippen molar-refractivity contribution in [1.82, 2.24) is 0 Å². The van der Waals surface area contributed by atoms with Crippen LogP contribution in [0.2, 0.25) is 0 Å². The van der Waals surface area contributed by atoms with E-state index in [1.54, 1.807) is 0 Å². The van der Waals surface area contributed by atoms with Gasteiger partial charge in [0.15, 0.2) is 6.10 Å². The Morgan fingerprint density at radius 2 is 0.632 bits per heavy atom. The van der Waals surface area contributed by atoms with Crippen molar-refractivity contribution in [2.75, 3.05) is 26.4 Å². The van der Waals surface area contributed by atoms with Crippen molar-refractivity contribution in [3.63, 3.8) is 0 Å². The van der Waals surface area contributed by atoms with Gasteiger partial charge in [-0.15, -0.1) is 0 Å². The number of carbonyl (C=O) groups excluding carboxylic acids is 2. The number of allylic oxidation sites excluding steroid dienone is 22. The smallest absolute Gasteiger partial charge is 0.462 e. The molecule has 9 nitrogen and oxygen atoms in total. The molecular weight excluding hydrogens is 1100 g/mol. The van der Waals surface area contributed by atoms with Crippen molar-refractivity contribution in [2.45, 2.75) is 315 Å². The summed E-state index contributed by atoms with van der Waals surface area (Å²) >= 11 is 0. The number of unbranched alkanes of at least 4 members (excludes halogenated alkanes) is 31. The van der Waals surface area contributed by atoms with Gasteiger partial charge in [-0.1, -0.05) is 314 Å². The summed E-state index contributed by atoms with van der Waals surface area (Å²) in [6, 6.07) is 0. The third kappa shape index (κ3) is 71.1. The normalized spacial score (nSPS) is 13.7. The molecular formula is C77H132NO8P. The van der Waals surface area contributed by atoms with Crippen LogP contribution in [0, 0.1) is 0 Å². The van der Waals surface area contributed by atoms with Crippen LogP contribution in [-0.4, -0.2) is 49.3 Å². The third-order valence-corrected chi connectivity index (χ3v) is 16.0. The van der Waals surface area contributed by atoms with Gasteiger partial charge in [0, 0.05) is 19.4 Å². The van der Waals surface area contributed by atoms with Crippen LogP contribution in [-0.2, 0) is 32.7 Å². The van der Waals surface area contributed by atoms with Gasteiger partial charge in [-0.25, -0.2) is 4.57 Å². The first-order valence-corrected chi connectivity index (χ1v) is 37.2. The van der Waals surface area contributed by atoms with Crippen LogP contribution in [0.3, 0.4) is 0 Å². The Morgan fingerprint density at radius 1 is 0.356 bits per heavy atom. The Balaban J connectivity index is 3.97. The van der Waals surface area contributed by atoms with Crippen LogP contribution < -0.4 is 5.73 Å². The van der Waals surface area contributed by atoms with Crippen molar-refractivity contribution in [2.24, 2.45) is 5.73 Å². The van der Waals surface area contributed by atoms with E-state index in [2.05, 4.69) is 148 Å². The monoisotopic (exact) mass is 1230 g/mol. The van der Waals surface area contributed by atoms with Crippen LogP contribution >= 0.6 is 7.82 Å². The number of rotatable bonds is 66. The molecule has 498 valence electrons. The van der Waals surface area contributed by atoms with Gasteiger partial charge in [0.2, 0.25) is 0 Å². The number of ether oxygens (including phenoxy) is 2. The second-order valence-corrected chi connectivity index (χ2v) is 24.8. The molecule has 87 heavy (non-hydrogen) atoms. The van der Waals surface area contributed by atoms with Gasteiger partial charge in [-0.3, -0.25) is 18.6 Å². The van der Waals surface area contributed by atoms with E-state index in [0.717, 1.165) is 109 Å². The molecule has 0 saturated heterocycles. The van der Waals surface area contributed by atoms with E-state index in [1.807, 2.05) is 0 Å². The van der Waals surface area contributed by atoms with Gasteiger partial charge >= 0.3 is 19.8 Å². The predicted molar refractivity (Wildman–Crippen MR) is 376 cm³/mol. The summed E-state index contributed by atoms with van der Waals surface area (Å²) in [4.78, 5) is 35.4. The lowest BCUT2D eigenvalue weighted by Gasteiger charge is -2.19. The largest absolute Gasteiger partial charge is 0.472 e. The minimum Gasteiger partial charge on any atom is -0.462 e. The van der Waals surface area contributed by atoms with Crippen LogP contribution in [0.25, 0.3) is 0 Å². The zero-order valence-electron chi connectivity index (χ0n) is 56.0. The highest BCUT2D eigenvalue weighted by Crippen LogP contribution is 2.43. The quantitative estimate of drug-likeness (QED) is 0.0264. The average Bonchev–Trinajstić information content (AvgIpc) is 3.64. The molecule has 0 fully saturated rings. The second kappa shape index (κ2) is 71.2. The van der Waals surface area contributed by atoms with Gasteiger partial charge in [-0.05, 0) is 116 Å². The second-order valence-electron chi connectivity index (χ2n) is 23.4. The molecule has 0 rings (SSSR count). The number of esters is 2. The summed E-state index contributed by atoms with van der Waals surface area (Å²) in [6.07, 6.45) is 101. The van der Waals surface area contributed by atoms with Crippen LogP contribution in [0.1, 0.15) is 309 Å². The van der Waals surface area contributed by atoms with E-state index < -0.39 is 26.5 Å².